The zero-order chi connectivity index (χ0) is 85.6. The van der Waals surface area contributed by atoms with Gasteiger partial charge >= 0.3 is 0 Å². The molecule has 32 rings (SSSR count). The van der Waals surface area contributed by atoms with Crippen LogP contribution in [-0.4, -0.2) is 36.5 Å². The fourth-order valence-corrected chi connectivity index (χ4v) is 34.9. The Hall–Kier alpha value is -16.3. The van der Waals surface area contributed by atoms with Crippen LogP contribution < -0.4 is 0 Å². The van der Waals surface area contributed by atoms with Gasteiger partial charge < -0.3 is 54.2 Å². The van der Waals surface area contributed by atoms with Crippen molar-refractivity contribution >= 4 is 245 Å². The van der Waals surface area contributed by atoms with E-state index >= 15 is 0 Å². The van der Waals surface area contributed by atoms with E-state index in [9.17, 15) is 0 Å². The summed E-state index contributed by atoms with van der Waals surface area (Å²) in [5.41, 5.74) is 35.1. The molecule has 4 atom stereocenters. The van der Waals surface area contributed by atoms with Gasteiger partial charge in [0, 0.05) is 87.5 Å². The van der Waals surface area contributed by atoms with Gasteiger partial charge in [-0.15, -0.1) is 0 Å². The maximum atomic E-state index is 7.53. The minimum Gasteiger partial charge on any atom is -0.455 e. The molecule has 12 nitrogen and oxygen atoms in total. The second-order valence-corrected chi connectivity index (χ2v) is 42.7. The van der Waals surface area contributed by atoms with Crippen LogP contribution in [0.15, 0.2) is 430 Å². The lowest BCUT2D eigenvalue weighted by atomic mass is 10.1. The Balaban J connectivity index is 0.000000124. The topological polar surface area (TPSA) is 92.0 Å². The molecule has 4 unspecified atom stereocenters. The summed E-state index contributed by atoms with van der Waals surface area (Å²) in [5.74, 6) is 0. The number of rotatable bonds is 8. The summed E-state index contributed by atoms with van der Waals surface area (Å²) >= 11 is 0. The first-order valence-corrected chi connectivity index (χ1v) is 50.1. The lowest BCUT2D eigenvalue weighted by molar-refractivity contribution is 0.661. The SMILES string of the molecule is c1ccc(-n2c3cccc4oc5c6cc7oc8cccc9c8p8c%10c(cccc%10n(-c%10ccccc%10)c(c6cc6c5p(c43)c3c2cccc3n6-c2ccccc2)c78)n9-c2ccccc2)cc1.c1ccc(-n2c3cccc4oc5cc6c(cc7oc8cccc9c8p8c%10c(cccc%10n(-c%10ccccc%10)c6c78)n9-c6ccccc6)c6c5p(c43)c3c2cccc3n6-c2ccccc2)cc1. The van der Waals surface area contributed by atoms with Crippen LogP contribution in [0.2, 0.25) is 0 Å². The summed E-state index contributed by atoms with van der Waals surface area (Å²) in [6.45, 7) is 0. The summed E-state index contributed by atoms with van der Waals surface area (Å²) in [6.07, 6.45) is 0. The molecule has 12 aromatic heterocycles. The summed E-state index contributed by atoms with van der Waals surface area (Å²) in [7, 11) is -4.23. The lowest BCUT2D eigenvalue weighted by Crippen LogP contribution is -2.07. The Morgan fingerprint density at radius 2 is 0.333 bits per heavy atom. The van der Waals surface area contributed by atoms with Gasteiger partial charge in [-0.3, -0.25) is 0 Å². The molecule has 0 radical (unpaired) electrons. The molecule has 0 spiro atoms. The molecule has 0 saturated heterocycles. The van der Waals surface area contributed by atoms with E-state index in [1.54, 1.807) is 0 Å². The van der Waals surface area contributed by atoms with Gasteiger partial charge in [0.2, 0.25) is 0 Å². The van der Waals surface area contributed by atoms with Crippen LogP contribution >= 0.6 is 29.4 Å². The van der Waals surface area contributed by atoms with E-state index in [-0.39, 0.29) is 0 Å². The molecule has 0 fully saturated rings. The number of aromatic nitrogens is 8. The van der Waals surface area contributed by atoms with Crippen LogP contribution in [0, 0.1) is 0 Å². The summed E-state index contributed by atoms with van der Waals surface area (Å²) in [5, 5.41) is 19.8. The molecule has 132 heavy (non-hydrogen) atoms. The zero-order valence-corrected chi connectivity index (χ0v) is 73.8. The Bertz CT molecular complexity index is 9780. The molecule has 16 heteroatoms. The number of hydrogen-bond acceptors (Lipinski definition) is 4. The quantitative estimate of drug-likeness (QED) is 0.112. The molecule has 0 aliphatic carbocycles. The summed E-state index contributed by atoms with van der Waals surface area (Å²) in [6, 6.07) is 150. The minimum atomic E-state index is -1.06. The summed E-state index contributed by atoms with van der Waals surface area (Å²) < 4.78 is 49.4. The zero-order valence-electron chi connectivity index (χ0n) is 70.3. The smallest absolute Gasteiger partial charge is 0.149 e. The predicted octanol–water partition coefficient (Wildman–Crippen LogP) is 34.6. The monoisotopic (exact) mass is 1760 g/mol. The largest absolute Gasteiger partial charge is 0.455 e. The van der Waals surface area contributed by atoms with Crippen molar-refractivity contribution in [3.05, 3.63) is 413 Å². The second-order valence-electron chi connectivity index (χ2n) is 34.7. The third kappa shape index (κ3) is 9.42. The van der Waals surface area contributed by atoms with Gasteiger partial charge in [-0.05, 0) is 218 Å². The van der Waals surface area contributed by atoms with Crippen LogP contribution in [0.5, 0.6) is 0 Å². The first-order chi connectivity index (χ1) is 65.6. The van der Waals surface area contributed by atoms with E-state index in [0.29, 0.717) is 0 Å². The Labute approximate surface area is 752 Å². The fraction of sp³-hybridized carbons (Fsp3) is 0. The van der Waals surface area contributed by atoms with Gasteiger partial charge in [0.15, 0.2) is 0 Å². The molecule has 0 aliphatic heterocycles. The third-order valence-corrected chi connectivity index (χ3v) is 38.6. The highest BCUT2D eigenvalue weighted by Crippen LogP contribution is 2.64. The first kappa shape index (κ1) is 71.7. The molecule has 0 aliphatic rings. The average molecular weight is 1760 g/mol. The molecule has 20 aromatic carbocycles. The minimum absolute atomic E-state index is 0.894. The Morgan fingerprint density at radius 1 is 0.136 bits per heavy atom. The van der Waals surface area contributed by atoms with Crippen molar-refractivity contribution in [1.29, 1.82) is 0 Å². The van der Waals surface area contributed by atoms with E-state index in [1.165, 1.54) is 128 Å². The van der Waals surface area contributed by atoms with E-state index in [1.807, 2.05) is 0 Å². The second kappa shape index (κ2) is 26.7. The van der Waals surface area contributed by atoms with Crippen LogP contribution in [0.3, 0.4) is 0 Å². The Morgan fingerprint density at radius 3 is 0.598 bits per heavy atom. The normalized spacial score (nSPS) is 13.1. The van der Waals surface area contributed by atoms with Crippen molar-refractivity contribution in [2.75, 3.05) is 0 Å². The van der Waals surface area contributed by atoms with Crippen LogP contribution in [0.25, 0.3) is 261 Å². The Kier molecular flexibility index (Phi) is 14.5. The van der Waals surface area contributed by atoms with E-state index < -0.39 is 29.4 Å². The lowest BCUT2D eigenvalue weighted by Gasteiger charge is -2.28. The van der Waals surface area contributed by atoms with Crippen molar-refractivity contribution in [2.24, 2.45) is 0 Å². The molecule has 616 valence electrons. The number of fused-ring (bicyclic) bond motifs is 6. The number of para-hydroxylation sites is 8. The van der Waals surface area contributed by atoms with Crippen molar-refractivity contribution in [3.8, 4) is 45.5 Å². The number of hydrogen-bond donors (Lipinski definition) is 0. The maximum Gasteiger partial charge on any atom is 0.149 e. The van der Waals surface area contributed by atoms with Crippen LogP contribution in [0.4, 0.5) is 0 Å². The van der Waals surface area contributed by atoms with Gasteiger partial charge in [0.05, 0.1) is 129 Å². The van der Waals surface area contributed by atoms with Crippen LogP contribution in [0.1, 0.15) is 0 Å². The maximum absolute atomic E-state index is 7.53. The van der Waals surface area contributed by atoms with Gasteiger partial charge in [-0.1, -0.05) is 223 Å². The van der Waals surface area contributed by atoms with Gasteiger partial charge in [-0.25, -0.2) is 0 Å². The highest BCUT2D eigenvalue weighted by atomic mass is 31.1. The van der Waals surface area contributed by atoms with Crippen LogP contribution in [-0.2, 0) is 0 Å². The standard InChI is InChI=1S/2C58H34N4O2P2/c1-5-17-35(18-6-1)59-41-25-13-27-43-53(41)65-55-45(59)29-15-31-47(55)63-49-33-40-39(51(57(49)65)61(43)37-21-9-3-10-22-37)34-50-58-52(40)62(38-23-11-4-12-24-38)44-28-14-26-42-54(44)66(58)56-46(30-16-32-48(56)64-50)60(42)36-19-7-2-8-20-36;1-5-17-35(18-6-1)59-41-25-13-27-43-53(41)65-56-46(59)30-16-32-49(56)64-52-40-34-50-58-51(39(40)33-47(57(52)65)61(43)37-21-9-3-10-22-37)62(38-23-11-4-12-24-38)44-28-14-26-42-54(44)66(58)55-45(29-15-31-48(55)63-50)60(42)36-19-7-2-8-20-36/h2*1-34H. The van der Waals surface area contributed by atoms with Crippen molar-refractivity contribution in [3.63, 3.8) is 0 Å². The van der Waals surface area contributed by atoms with E-state index in [2.05, 4.69) is 449 Å². The highest BCUT2D eigenvalue weighted by Gasteiger charge is 2.34. The van der Waals surface area contributed by atoms with Crippen molar-refractivity contribution < 1.29 is 17.7 Å². The van der Waals surface area contributed by atoms with Gasteiger partial charge in [0.25, 0.3) is 0 Å². The van der Waals surface area contributed by atoms with Gasteiger partial charge in [0.1, 0.15) is 44.7 Å². The molecule has 0 N–H and O–H groups in total. The predicted molar refractivity (Wildman–Crippen MR) is 554 cm³/mol. The van der Waals surface area contributed by atoms with Crippen molar-refractivity contribution in [1.82, 2.24) is 36.5 Å². The third-order valence-electron chi connectivity index (χ3n) is 27.9. The highest BCUT2D eigenvalue weighted by molar-refractivity contribution is 7.65. The molecular weight excluding hydrogens is 1690 g/mol. The molecule has 0 amide bonds. The van der Waals surface area contributed by atoms with Gasteiger partial charge in [-0.2, -0.15) is 0 Å². The average Bonchev–Trinajstić information content (AvgIpc) is 0.668. The van der Waals surface area contributed by atoms with E-state index in [0.717, 1.165) is 134 Å². The first-order valence-electron chi connectivity index (χ1n) is 44.7. The number of nitrogens with zero attached hydrogens (tertiary/aromatic N) is 8. The molecular formula is C116H68N8O4P4. The van der Waals surface area contributed by atoms with E-state index in [4.69, 9.17) is 17.7 Å². The molecule has 12 heterocycles. The summed E-state index contributed by atoms with van der Waals surface area (Å²) in [4.78, 5) is 0. The number of benzene rings is 20. The molecule has 0 bridgehead atoms. The molecule has 0 saturated carbocycles. The van der Waals surface area contributed by atoms with Crippen molar-refractivity contribution in [2.45, 2.75) is 0 Å². The fourth-order valence-electron chi connectivity index (χ4n) is 23.0. The molecule has 32 aromatic rings.